The Kier molecular flexibility index (Phi) is 3.25. The summed E-state index contributed by atoms with van der Waals surface area (Å²) in [5.74, 6) is 1.77. The molecule has 98 valence electrons. The molecule has 1 saturated heterocycles. The van der Waals surface area contributed by atoms with Crippen molar-refractivity contribution in [1.29, 1.82) is 0 Å². The average molecular weight is 245 g/mol. The van der Waals surface area contributed by atoms with Crippen LogP contribution in [-0.4, -0.2) is 36.1 Å². The van der Waals surface area contributed by atoms with Gasteiger partial charge in [-0.15, -0.1) is 0 Å². The smallest absolute Gasteiger partial charge is 0.126 e. The van der Waals surface area contributed by atoms with Crippen molar-refractivity contribution < 1.29 is 0 Å². The first kappa shape index (κ1) is 12.0. The third-order valence-corrected chi connectivity index (χ3v) is 4.37. The van der Waals surface area contributed by atoms with Gasteiger partial charge in [-0.05, 0) is 56.8 Å². The summed E-state index contributed by atoms with van der Waals surface area (Å²) in [5, 5.41) is 3.64. The van der Waals surface area contributed by atoms with Crippen LogP contribution in [0, 0.1) is 5.92 Å². The van der Waals surface area contributed by atoms with Crippen LogP contribution in [0.4, 0.5) is 5.82 Å². The number of hydrogen-bond donors (Lipinski definition) is 1. The molecule has 2 unspecified atom stereocenters. The number of pyridine rings is 1. The number of hydrogen-bond acceptors (Lipinski definition) is 3. The first-order valence-electron chi connectivity index (χ1n) is 7.16. The molecule has 0 radical (unpaired) electrons. The molecule has 0 saturated carbocycles. The number of nitrogens with one attached hydrogen (secondary N) is 1. The summed E-state index contributed by atoms with van der Waals surface area (Å²) in [6.45, 7) is 4.70. The lowest BCUT2D eigenvalue weighted by atomic mass is 9.94. The van der Waals surface area contributed by atoms with Gasteiger partial charge in [0, 0.05) is 18.3 Å². The summed E-state index contributed by atoms with van der Waals surface area (Å²) in [5.41, 5.74) is 2.78. The lowest BCUT2D eigenvalue weighted by molar-refractivity contribution is 0.206. The zero-order valence-electron chi connectivity index (χ0n) is 11.4. The van der Waals surface area contributed by atoms with Gasteiger partial charge in [-0.1, -0.05) is 13.0 Å². The molecule has 0 aromatic carbocycles. The monoisotopic (exact) mass is 245 g/mol. The second kappa shape index (κ2) is 4.88. The number of aryl methyl sites for hydroxylation is 2. The lowest BCUT2D eigenvalue weighted by Gasteiger charge is -2.35. The summed E-state index contributed by atoms with van der Waals surface area (Å²) in [4.78, 5) is 7.19. The highest BCUT2D eigenvalue weighted by molar-refractivity contribution is 5.41. The molecule has 1 fully saturated rings. The van der Waals surface area contributed by atoms with Crippen LogP contribution in [0.3, 0.4) is 0 Å². The van der Waals surface area contributed by atoms with Crippen LogP contribution in [0.1, 0.15) is 31.0 Å². The average Bonchev–Trinajstić information content (AvgIpc) is 2.80. The number of rotatable bonds is 2. The minimum Gasteiger partial charge on any atom is -0.367 e. The van der Waals surface area contributed by atoms with E-state index in [1.165, 1.54) is 43.6 Å². The van der Waals surface area contributed by atoms with E-state index in [9.17, 15) is 0 Å². The molecular weight excluding hydrogens is 222 g/mol. The third kappa shape index (κ3) is 2.37. The van der Waals surface area contributed by atoms with Crippen molar-refractivity contribution in [3.05, 3.63) is 23.4 Å². The molecule has 1 N–H and O–H groups in total. The Labute approximate surface area is 110 Å². The van der Waals surface area contributed by atoms with Gasteiger partial charge in [-0.2, -0.15) is 0 Å². The number of fused-ring (bicyclic) bond motifs is 1. The molecule has 1 aromatic rings. The molecule has 3 nitrogen and oxygen atoms in total. The number of nitrogens with zero attached hydrogens (tertiary/aromatic N) is 2. The molecule has 18 heavy (non-hydrogen) atoms. The minimum atomic E-state index is 0.577. The van der Waals surface area contributed by atoms with E-state index in [1.807, 2.05) is 0 Å². The molecule has 0 spiro atoms. The topological polar surface area (TPSA) is 28.2 Å². The van der Waals surface area contributed by atoms with E-state index in [0.717, 1.165) is 12.2 Å². The fourth-order valence-corrected chi connectivity index (χ4v) is 3.26. The zero-order chi connectivity index (χ0) is 12.5. The van der Waals surface area contributed by atoms with Crippen molar-refractivity contribution in [2.75, 3.05) is 25.5 Å². The van der Waals surface area contributed by atoms with Crippen molar-refractivity contribution in [2.45, 2.75) is 38.6 Å². The van der Waals surface area contributed by atoms with Crippen LogP contribution in [-0.2, 0) is 12.8 Å². The van der Waals surface area contributed by atoms with E-state index >= 15 is 0 Å². The molecule has 3 heteroatoms. The molecular formula is C15H23N3. The maximum Gasteiger partial charge on any atom is 0.126 e. The summed E-state index contributed by atoms with van der Waals surface area (Å²) in [6.07, 6.45) is 4.87. The number of anilines is 1. The highest BCUT2D eigenvalue weighted by Gasteiger charge is 2.24. The molecule has 0 amide bonds. The Bertz CT molecular complexity index is 430. The van der Waals surface area contributed by atoms with E-state index in [2.05, 4.69) is 36.3 Å². The second-order valence-electron chi connectivity index (χ2n) is 5.93. The summed E-state index contributed by atoms with van der Waals surface area (Å²) in [7, 11) is 2.21. The first-order chi connectivity index (χ1) is 8.72. The van der Waals surface area contributed by atoms with Crippen LogP contribution < -0.4 is 5.32 Å². The van der Waals surface area contributed by atoms with Gasteiger partial charge in [-0.3, -0.25) is 0 Å². The van der Waals surface area contributed by atoms with Crippen molar-refractivity contribution in [1.82, 2.24) is 9.88 Å². The van der Waals surface area contributed by atoms with Crippen molar-refractivity contribution >= 4 is 5.82 Å². The molecule has 3 rings (SSSR count). The molecule has 2 aliphatic rings. The first-order valence-corrected chi connectivity index (χ1v) is 7.16. The Hall–Kier alpha value is -1.09. The standard InChI is InChI=1S/C15H23N3/c1-11-10-18(2)9-8-13(11)16-15-7-6-12-4-3-5-14(12)17-15/h6-7,11,13H,3-5,8-10H2,1-2H3,(H,16,17). The maximum atomic E-state index is 4.78. The van der Waals surface area contributed by atoms with E-state index < -0.39 is 0 Å². The number of piperidine rings is 1. The van der Waals surface area contributed by atoms with Crippen LogP contribution in [0.25, 0.3) is 0 Å². The van der Waals surface area contributed by atoms with Gasteiger partial charge in [0.15, 0.2) is 0 Å². The molecule has 1 aromatic heterocycles. The Morgan fingerprint density at radius 3 is 3.06 bits per heavy atom. The van der Waals surface area contributed by atoms with Gasteiger partial charge in [-0.25, -0.2) is 4.98 Å². The predicted octanol–water partition coefficient (Wildman–Crippen LogP) is 2.32. The van der Waals surface area contributed by atoms with Crippen LogP contribution in [0.2, 0.25) is 0 Å². The largest absolute Gasteiger partial charge is 0.367 e. The molecule has 0 bridgehead atoms. The number of likely N-dealkylation sites (tertiary alicyclic amines) is 1. The van der Waals surface area contributed by atoms with Gasteiger partial charge in [0.2, 0.25) is 0 Å². The quantitative estimate of drug-likeness (QED) is 0.866. The van der Waals surface area contributed by atoms with Crippen molar-refractivity contribution in [3.8, 4) is 0 Å². The molecule has 1 aliphatic heterocycles. The van der Waals surface area contributed by atoms with Crippen molar-refractivity contribution in [2.24, 2.45) is 5.92 Å². The van der Waals surface area contributed by atoms with Crippen LogP contribution in [0.5, 0.6) is 0 Å². The van der Waals surface area contributed by atoms with E-state index in [1.54, 1.807) is 0 Å². The predicted molar refractivity (Wildman–Crippen MR) is 75.0 cm³/mol. The van der Waals surface area contributed by atoms with Gasteiger partial charge in [0.25, 0.3) is 0 Å². The molecule has 2 heterocycles. The van der Waals surface area contributed by atoms with E-state index in [-0.39, 0.29) is 0 Å². The molecule has 2 atom stereocenters. The van der Waals surface area contributed by atoms with Crippen LogP contribution in [0.15, 0.2) is 12.1 Å². The van der Waals surface area contributed by atoms with Gasteiger partial charge < -0.3 is 10.2 Å². The minimum absolute atomic E-state index is 0.577. The van der Waals surface area contributed by atoms with Gasteiger partial charge in [0.1, 0.15) is 5.82 Å². The zero-order valence-corrected chi connectivity index (χ0v) is 11.4. The normalized spacial score (nSPS) is 28.1. The lowest BCUT2D eigenvalue weighted by Crippen LogP contribution is -2.43. The van der Waals surface area contributed by atoms with Crippen LogP contribution >= 0.6 is 0 Å². The van der Waals surface area contributed by atoms with Gasteiger partial charge >= 0.3 is 0 Å². The third-order valence-electron chi connectivity index (χ3n) is 4.37. The maximum absolute atomic E-state index is 4.78. The highest BCUT2D eigenvalue weighted by Crippen LogP contribution is 2.24. The highest BCUT2D eigenvalue weighted by atomic mass is 15.1. The number of aromatic nitrogens is 1. The van der Waals surface area contributed by atoms with Crippen molar-refractivity contribution in [3.63, 3.8) is 0 Å². The second-order valence-corrected chi connectivity index (χ2v) is 5.93. The summed E-state index contributed by atoms with van der Waals surface area (Å²) >= 11 is 0. The Morgan fingerprint density at radius 1 is 1.33 bits per heavy atom. The summed E-state index contributed by atoms with van der Waals surface area (Å²) in [6, 6.07) is 5.00. The Morgan fingerprint density at radius 2 is 2.22 bits per heavy atom. The summed E-state index contributed by atoms with van der Waals surface area (Å²) < 4.78 is 0. The molecule has 1 aliphatic carbocycles. The SMILES string of the molecule is CC1CN(C)CCC1Nc1ccc2c(n1)CCC2. The fraction of sp³-hybridized carbons (Fsp3) is 0.667. The van der Waals surface area contributed by atoms with E-state index in [0.29, 0.717) is 12.0 Å². The fourth-order valence-electron chi connectivity index (χ4n) is 3.26. The van der Waals surface area contributed by atoms with Gasteiger partial charge in [0.05, 0.1) is 0 Å². The Balaban J connectivity index is 1.69. The van der Waals surface area contributed by atoms with E-state index in [4.69, 9.17) is 4.98 Å².